The summed E-state index contributed by atoms with van der Waals surface area (Å²) in [5.74, 6) is -0.530. The zero-order valence-corrected chi connectivity index (χ0v) is 9.41. The van der Waals surface area contributed by atoms with Gasteiger partial charge in [0.15, 0.2) is 0 Å². The minimum atomic E-state index is -1.16. The molecule has 4 heteroatoms. The highest BCUT2D eigenvalue weighted by Gasteiger charge is 2.25. The summed E-state index contributed by atoms with van der Waals surface area (Å²) in [6.07, 6.45) is 2.08. The molecule has 1 heterocycles. The van der Waals surface area contributed by atoms with Crippen molar-refractivity contribution < 1.29 is 9.90 Å². The molecule has 0 amide bonds. The molecule has 2 N–H and O–H groups in total. The van der Waals surface area contributed by atoms with Gasteiger partial charge in [0.25, 0.3) is 5.56 Å². The molecule has 2 atom stereocenters. The number of aromatic nitrogens is 1. The molecule has 1 aliphatic rings. The fourth-order valence-electron chi connectivity index (χ4n) is 2.33. The third kappa shape index (κ3) is 1.64. The topological polar surface area (TPSA) is 70.2 Å². The van der Waals surface area contributed by atoms with Gasteiger partial charge in [-0.25, -0.2) is 4.79 Å². The lowest BCUT2D eigenvalue weighted by Gasteiger charge is -2.27. The van der Waals surface area contributed by atoms with Gasteiger partial charge in [0.2, 0.25) is 0 Å². The van der Waals surface area contributed by atoms with E-state index < -0.39 is 11.5 Å². The molecule has 4 nitrogen and oxygen atoms in total. The van der Waals surface area contributed by atoms with E-state index >= 15 is 0 Å². The molecule has 0 saturated carbocycles. The second-order valence-corrected chi connectivity index (χ2v) is 4.57. The Morgan fingerprint density at radius 1 is 1.38 bits per heavy atom. The standard InChI is InChI=1S/C12H15NO3/c1-6-3-4-7(2)10-8(6)5-9(12(15)16)11(14)13-10/h5-7H,3-4H2,1-2H3,(H,13,14)(H,15,16). The van der Waals surface area contributed by atoms with Gasteiger partial charge in [0, 0.05) is 5.69 Å². The number of hydrogen-bond acceptors (Lipinski definition) is 2. The van der Waals surface area contributed by atoms with Crippen molar-refractivity contribution in [1.29, 1.82) is 0 Å². The van der Waals surface area contributed by atoms with E-state index in [2.05, 4.69) is 18.8 Å². The Morgan fingerprint density at radius 2 is 2.00 bits per heavy atom. The van der Waals surface area contributed by atoms with Crippen molar-refractivity contribution in [1.82, 2.24) is 4.98 Å². The van der Waals surface area contributed by atoms with E-state index in [1.165, 1.54) is 6.07 Å². The Kier molecular flexibility index (Phi) is 2.58. The summed E-state index contributed by atoms with van der Waals surface area (Å²) < 4.78 is 0. The van der Waals surface area contributed by atoms with Gasteiger partial charge in [-0.05, 0) is 36.3 Å². The van der Waals surface area contributed by atoms with Crippen LogP contribution in [0, 0.1) is 0 Å². The van der Waals surface area contributed by atoms with E-state index in [9.17, 15) is 9.59 Å². The molecule has 0 spiro atoms. The third-order valence-corrected chi connectivity index (χ3v) is 3.39. The maximum absolute atomic E-state index is 11.5. The fourth-order valence-corrected chi connectivity index (χ4v) is 2.33. The number of pyridine rings is 1. The lowest BCUT2D eigenvalue weighted by atomic mass is 9.81. The SMILES string of the molecule is CC1CCC(C)c2[nH]c(=O)c(C(=O)O)cc21. The first-order valence-corrected chi connectivity index (χ1v) is 5.51. The first-order chi connectivity index (χ1) is 7.50. The van der Waals surface area contributed by atoms with Gasteiger partial charge in [-0.3, -0.25) is 4.79 Å². The first kappa shape index (κ1) is 10.9. The van der Waals surface area contributed by atoms with Gasteiger partial charge >= 0.3 is 5.97 Å². The van der Waals surface area contributed by atoms with Crippen LogP contribution in [-0.4, -0.2) is 16.1 Å². The Labute approximate surface area is 93.3 Å². The quantitative estimate of drug-likeness (QED) is 0.762. The molecule has 1 aromatic heterocycles. The van der Waals surface area contributed by atoms with Crippen LogP contribution in [0.1, 0.15) is 60.1 Å². The molecular formula is C12H15NO3. The molecule has 0 radical (unpaired) electrons. The number of nitrogens with one attached hydrogen (secondary N) is 1. The lowest BCUT2D eigenvalue weighted by Crippen LogP contribution is -2.24. The van der Waals surface area contributed by atoms with Gasteiger partial charge < -0.3 is 10.1 Å². The molecule has 1 aliphatic carbocycles. The van der Waals surface area contributed by atoms with Gasteiger partial charge in [0.1, 0.15) is 5.56 Å². The summed E-state index contributed by atoms with van der Waals surface area (Å²) in [7, 11) is 0. The summed E-state index contributed by atoms with van der Waals surface area (Å²) in [6, 6.07) is 1.54. The van der Waals surface area contributed by atoms with E-state index in [-0.39, 0.29) is 5.56 Å². The molecule has 0 fully saturated rings. The minimum absolute atomic E-state index is 0.153. The predicted molar refractivity (Wildman–Crippen MR) is 60.1 cm³/mol. The number of hydrogen-bond donors (Lipinski definition) is 2. The van der Waals surface area contributed by atoms with E-state index in [1.54, 1.807) is 0 Å². The van der Waals surface area contributed by atoms with E-state index in [4.69, 9.17) is 5.11 Å². The van der Waals surface area contributed by atoms with Crippen molar-refractivity contribution in [3.8, 4) is 0 Å². The first-order valence-electron chi connectivity index (χ1n) is 5.51. The monoisotopic (exact) mass is 221 g/mol. The molecular weight excluding hydrogens is 206 g/mol. The summed E-state index contributed by atoms with van der Waals surface area (Å²) >= 11 is 0. The Morgan fingerprint density at radius 3 is 2.62 bits per heavy atom. The van der Waals surface area contributed by atoms with Crippen molar-refractivity contribution in [2.75, 3.05) is 0 Å². The maximum atomic E-state index is 11.5. The van der Waals surface area contributed by atoms with Crippen molar-refractivity contribution in [2.24, 2.45) is 0 Å². The van der Waals surface area contributed by atoms with E-state index in [1.807, 2.05) is 0 Å². The summed E-state index contributed by atoms with van der Waals surface area (Å²) in [5.41, 5.74) is 1.25. The zero-order valence-electron chi connectivity index (χ0n) is 9.41. The summed E-state index contributed by atoms with van der Waals surface area (Å²) in [5, 5.41) is 8.90. The number of carboxylic acid groups (broad SMARTS) is 1. The second kappa shape index (κ2) is 3.77. The molecule has 16 heavy (non-hydrogen) atoms. The molecule has 0 bridgehead atoms. The zero-order chi connectivity index (χ0) is 11.9. The average molecular weight is 221 g/mol. The molecule has 2 unspecified atom stereocenters. The number of aromatic carboxylic acids is 1. The van der Waals surface area contributed by atoms with Crippen molar-refractivity contribution >= 4 is 5.97 Å². The van der Waals surface area contributed by atoms with Crippen molar-refractivity contribution in [3.63, 3.8) is 0 Å². The molecule has 2 rings (SSSR count). The number of aromatic amines is 1. The maximum Gasteiger partial charge on any atom is 0.341 e. The highest BCUT2D eigenvalue weighted by atomic mass is 16.4. The van der Waals surface area contributed by atoms with Crippen LogP contribution in [0.5, 0.6) is 0 Å². The van der Waals surface area contributed by atoms with Gasteiger partial charge in [-0.15, -0.1) is 0 Å². The van der Waals surface area contributed by atoms with Crippen LogP contribution < -0.4 is 5.56 Å². The Hall–Kier alpha value is -1.58. The van der Waals surface area contributed by atoms with Gasteiger partial charge in [-0.2, -0.15) is 0 Å². The highest BCUT2D eigenvalue weighted by molar-refractivity contribution is 5.87. The number of carbonyl (C=O) groups is 1. The van der Waals surface area contributed by atoms with Crippen LogP contribution in [0.15, 0.2) is 10.9 Å². The van der Waals surface area contributed by atoms with Crippen molar-refractivity contribution in [3.05, 3.63) is 33.2 Å². The number of carboxylic acids is 1. The highest BCUT2D eigenvalue weighted by Crippen LogP contribution is 2.36. The van der Waals surface area contributed by atoms with Crippen LogP contribution >= 0.6 is 0 Å². The normalized spacial score (nSPS) is 23.9. The predicted octanol–water partition coefficient (Wildman–Crippen LogP) is 2.07. The summed E-state index contributed by atoms with van der Waals surface area (Å²) in [4.78, 5) is 25.1. The van der Waals surface area contributed by atoms with E-state index in [0.717, 1.165) is 24.1 Å². The van der Waals surface area contributed by atoms with Gasteiger partial charge in [-0.1, -0.05) is 13.8 Å². The number of rotatable bonds is 1. The van der Waals surface area contributed by atoms with E-state index in [0.29, 0.717) is 11.8 Å². The Balaban J connectivity index is 2.64. The molecule has 1 aromatic rings. The molecule has 86 valence electrons. The number of H-pyrrole nitrogens is 1. The molecule has 0 saturated heterocycles. The largest absolute Gasteiger partial charge is 0.477 e. The fraction of sp³-hybridized carbons (Fsp3) is 0.500. The minimum Gasteiger partial charge on any atom is -0.477 e. The van der Waals surface area contributed by atoms with Crippen LogP contribution in [0.2, 0.25) is 0 Å². The van der Waals surface area contributed by atoms with Crippen LogP contribution in [-0.2, 0) is 0 Å². The Bertz CT molecular complexity index is 490. The van der Waals surface area contributed by atoms with Crippen LogP contribution in [0.4, 0.5) is 0 Å². The summed E-state index contributed by atoms with van der Waals surface area (Å²) in [6.45, 7) is 4.12. The lowest BCUT2D eigenvalue weighted by molar-refractivity contribution is 0.0694. The molecule has 0 aromatic carbocycles. The smallest absolute Gasteiger partial charge is 0.341 e. The van der Waals surface area contributed by atoms with Crippen molar-refractivity contribution in [2.45, 2.75) is 38.5 Å². The van der Waals surface area contributed by atoms with Crippen LogP contribution in [0.3, 0.4) is 0 Å². The van der Waals surface area contributed by atoms with Gasteiger partial charge in [0.05, 0.1) is 0 Å². The third-order valence-electron chi connectivity index (χ3n) is 3.39. The number of fused-ring (bicyclic) bond motifs is 1. The van der Waals surface area contributed by atoms with Crippen LogP contribution in [0.25, 0.3) is 0 Å². The average Bonchev–Trinajstić information content (AvgIpc) is 2.23. The molecule has 0 aliphatic heterocycles. The second-order valence-electron chi connectivity index (χ2n) is 4.57.